The Hall–Kier alpha value is -0.560. The molecule has 4 rings (SSSR count). The van der Waals surface area contributed by atoms with E-state index in [4.69, 9.17) is 0 Å². The number of hydrogen-bond acceptors (Lipinski definition) is 1. The van der Waals surface area contributed by atoms with Gasteiger partial charge in [0.15, 0.2) is 0 Å². The van der Waals surface area contributed by atoms with Gasteiger partial charge in [0.2, 0.25) is 0 Å². The van der Waals surface area contributed by atoms with Crippen LogP contribution in [-0.4, -0.2) is 11.2 Å². The Morgan fingerprint density at radius 1 is 1.19 bits per heavy atom. The third kappa shape index (κ3) is 3.26. The summed E-state index contributed by atoms with van der Waals surface area (Å²) in [5, 5.41) is 10.2. The molecule has 1 nitrogen and oxygen atoms in total. The zero-order valence-electron chi connectivity index (χ0n) is 18.1. The highest BCUT2D eigenvalue weighted by molar-refractivity contribution is 5.25. The van der Waals surface area contributed by atoms with Crippen molar-refractivity contribution in [3.63, 3.8) is 0 Å². The van der Waals surface area contributed by atoms with Crippen molar-refractivity contribution in [2.45, 2.75) is 97.5 Å². The molecule has 0 aromatic rings. The first-order chi connectivity index (χ1) is 12.9. The first-order valence-corrected chi connectivity index (χ1v) is 11.9. The van der Waals surface area contributed by atoms with Crippen LogP contribution < -0.4 is 0 Å². The summed E-state index contributed by atoms with van der Waals surface area (Å²) in [4.78, 5) is 0. The zero-order valence-corrected chi connectivity index (χ0v) is 18.1. The van der Waals surface area contributed by atoms with Crippen LogP contribution in [0.15, 0.2) is 24.3 Å². The summed E-state index contributed by atoms with van der Waals surface area (Å²) >= 11 is 0. The van der Waals surface area contributed by atoms with Crippen molar-refractivity contribution in [1.82, 2.24) is 0 Å². The van der Waals surface area contributed by atoms with Gasteiger partial charge in [-0.25, -0.2) is 0 Å². The summed E-state index contributed by atoms with van der Waals surface area (Å²) < 4.78 is 0. The van der Waals surface area contributed by atoms with Gasteiger partial charge in [-0.2, -0.15) is 0 Å². The van der Waals surface area contributed by atoms with Crippen molar-refractivity contribution >= 4 is 0 Å². The Kier molecular flexibility index (Phi) is 5.38. The number of allylic oxidation sites excluding steroid dienone is 2. The van der Waals surface area contributed by atoms with Crippen LogP contribution in [0.5, 0.6) is 0 Å². The van der Waals surface area contributed by atoms with Crippen LogP contribution in [0.4, 0.5) is 0 Å². The Labute approximate surface area is 167 Å². The molecule has 0 aromatic carbocycles. The number of hydrogen-bond donors (Lipinski definition) is 1. The fourth-order valence-electron chi connectivity index (χ4n) is 8.03. The summed E-state index contributed by atoms with van der Waals surface area (Å²) in [6.45, 7) is 11.5. The van der Waals surface area contributed by atoms with E-state index in [1.165, 1.54) is 57.8 Å². The van der Waals surface area contributed by atoms with Crippen molar-refractivity contribution in [3.05, 3.63) is 24.3 Å². The molecular formula is C26H42O. The predicted octanol–water partition coefficient (Wildman–Crippen LogP) is 6.92. The molecule has 0 saturated heterocycles. The van der Waals surface area contributed by atoms with Crippen molar-refractivity contribution in [1.29, 1.82) is 0 Å². The average Bonchev–Trinajstić information content (AvgIpc) is 2.99. The maximum Gasteiger partial charge on any atom is 0.0577 e. The van der Waals surface area contributed by atoms with Crippen LogP contribution in [-0.2, 0) is 0 Å². The molecule has 4 aliphatic rings. The van der Waals surface area contributed by atoms with E-state index in [0.717, 1.165) is 36.5 Å². The van der Waals surface area contributed by atoms with Crippen LogP contribution in [0.3, 0.4) is 0 Å². The van der Waals surface area contributed by atoms with Gasteiger partial charge in [-0.3, -0.25) is 0 Å². The van der Waals surface area contributed by atoms with Crippen molar-refractivity contribution in [2.75, 3.05) is 0 Å². The Morgan fingerprint density at radius 2 is 2.00 bits per heavy atom. The lowest BCUT2D eigenvalue weighted by Crippen LogP contribution is -2.50. The highest BCUT2D eigenvalue weighted by Crippen LogP contribution is 2.66. The first-order valence-electron chi connectivity index (χ1n) is 11.9. The molecule has 0 bridgehead atoms. The maximum atomic E-state index is 10.2. The van der Waals surface area contributed by atoms with E-state index in [-0.39, 0.29) is 6.10 Å². The highest BCUT2D eigenvalue weighted by Gasteiger charge is 2.58. The lowest BCUT2D eigenvalue weighted by molar-refractivity contribution is -0.0509. The van der Waals surface area contributed by atoms with E-state index in [1.807, 2.05) is 0 Å². The monoisotopic (exact) mass is 370 g/mol. The summed E-state index contributed by atoms with van der Waals surface area (Å²) in [6, 6.07) is 0. The molecule has 4 unspecified atom stereocenters. The largest absolute Gasteiger partial charge is 0.393 e. The molecular weight excluding hydrogens is 328 g/mol. The maximum absolute atomic E-state index is 10.2. The van der Waals surface area contributed by atoms with Gasteiger partial charge in [0.25, 0.3) is 0 Å². The van der Waals surface area contributed by atoms with Crippen LogP contribution in [0, 0.1) is 40.4 Å². The predicted molar refractivity (Wildman–Crippen MR) is 114 cm³/mol. The average molecular weight is 371 g/mol. The standard InChI is InChI=1S/C26H42O/c1-5-18(2)7-6-8-19-10-12-23-22-11-9-20-17-21(27)13-15-26(20,4)24(22)14-16-25(19,23)3/h5,9,18-19,21-24,27H,1,6-8,10-17H2,2-4H3/t18-,19-,21?,22-,23?,24?,25?,26-/m0/s1. The van der Waals surface area contributed by atoms with Gasteiger partial charge in [0, 0.05) is 0 Å². The summed E-state index contributed by atoms with van der Waals surface area (Å²) in [7, 11) is 0. The molecule has 0 aliphatic heterocycles. The van der Waals surface area contributed by atoms with Gasteiger partial charge < -0.3 is 5.11 Å². The SMILES string of the molecule is C=C[C@H](C)CCC[C@H]1CCC2[C@@H]3CC=C4CC(O)CC[C@]4(C)C3CCC21C. The minimum atomic E-state index is -0.0800. The van der Waals surface area contributed by atoms with Crippen LogP contribution in [0.25, 0.3) is 0 Å². The lowest BCUT2D eigenvalue weighted by atomic mass is 9.47. The van der Waals surface area contributed by atoms with E-state index in [2.05, 4.69) is 39.5 Å². The number of aliphatic hydroxyl groups excluding tert-OH is 1. The van der Waals surface area contributed by atoms with E-state index in [1.54, 1.807) is 5.57 Å². The first kappa shape index (κ1) is 19.7. The molecule has 3 saturated carbocycles. The van der Waals surface area contributed by atoms with Gasteiger partial charge in [-0.05, 0) is 105 Å². The van der Waals surface area contributed by atoms with Gasteiger partial charge in [0.05, 0.1) is 6.10 Å². The van der Waals surface area contributed by atoms with Crippen LogP contribution in [0.1, 0.15) is 91.4 Å². The Morgan fingerprint density at radius 3 is 2.78 bits per heavy atom. The van der Waals surface area contributed by atoms with Gasteiger partial charge >= 0.3 is 0 Å². The van der Waals surface area contributed by atoms with Gasteiger partial charge in [-0.1, -0.05) is 44.9 Å². The van der Waals surface area contributed by atoms with Crippen molar-refractivity contribution < 1.29 is 5.11 Å². The Balaban J connectivity index is 1.48. The number of rotatable bonds is 5. The number of aliphatic hydroxyl groups is 1. The molecule has 0 amide bonds. The molecule has 0 spiro atoms. The number of fused-ring (bicyclic) bond motifs is 5. The lowest BCUT2D eigenvalue weighted by Gasteiger charge is -2.58. The van der Waals surface area contributed by atoms with Crippen LogP contribution >= 0.6 is 0 Å². The van der Waals surface area contributed by atoms with Gasteiger partial charge in [-0.15, -0.1) is 6.58 Å². The molecule has 1 N–H and O–H groups in total. The molecule has 1 heteroatoms. The van der Waals surface area contributed by atoms with E-state index >= 15 is 0 Å². The third-order valence-electron chi connectivity index (χ3n) is 9.89. The smallest absolute Gasteiger partial charge is 0.0577 e. The molecule has 0 radical (unpaired) electrons. The fraction of sp³-hybridized carbons (Fsp3) is 0.846. The second kappa shape index (κ2) is 7.36. The normalized spacial score (nSPS) is 47.4. The van der Waals surface area contributed by atoms with E-state index in [0.29, 0.717) is 16.7 Å². The zero-order chi connectivity index (χ0) is 19.2. The Bertz CT molecular complexity index is 591. The van der Waals surface area contributed by atoms with E-state index in [9.17, 15) is 5.11 Å². The molecule has 27 heavy (non-hydrogen) atoms. The van der Waals surface area contributed by atoms with Crippen molar-refractivity contribution in [3.8, 4) is 0 Å². The minimum absolute atomic E-state index is 0.0800. The highest BCUT2D eigenvalue weighted by atomic mass is 16.3. The second-order valence-electron chi connectivity index (χ2n) is 11.1. The summed E-state index contributed by atoms with van der Waals surface area (Å²) in [5.74, 6) is 4.35. The minimum Gasteiger partial charge on any atom is -0.393 e. The molecule has 0 aromatic heterocycles. The second-order valence-corrected chi connectivity index (χ2v) is 11.1. The summed E-state index contributed by atoms with van der Waals surface area (Å²) in [5.41, 5.74) is 2.59. The molecule has 0 heterocycles. The van der Waals surface area contributed by atoms with E-state index < -0.39 is 0 Å². The topological polar surface area (TPSA) is 20.2 Å². The molecule has 152 valence electrons. The molecule has 3 fully saturated rings. The molecule has 4 aliphatic carbocycles. The molecule has 8 atom stereocenters. The third-order valence-corrected chi connectivity index (χ3v) is 9.89. The quantitative estimate of drug-likeness (QED) is 0.521. The van der Waals surface area contributed by atoms with Gasteiger partial charge in [0.1, 0.15) is 0 Å². The fourth-order valence-corrected chi connectivity index (χ4v) is 8.03. The van der Waals surface area contributed by atoms with Crippen molar-refractivity contribution in [2.24, 2.45) is 40.4 Å². The van der Waals surface area contributed by atoms with Crippen LogP contribution in [0.2, 0.25) is 0 Å². The summed E-state index contributed by atoms with van der Waals surface area (Å²) in [6.07, 6.45) is 19.1.